The molecule has 0 amide bonds. The molecule has 0 heterocycles. The molecular weight excluding hydrogens is 506 g/mol. The van der Waals surface area contributed by atoms with Gasteiger partial charge in [0.1, 0.15) is 13.2 Å². The van der Waals surface area contributed by atoms with Gasteiger partial charge in [-0.2, -0.15) is 0 Å². The van der Waals surface area contributed by atoms with Crippen LogP contribution in [-0.4, -0.2) is 62.3 Å². The number of aliphatic hydroxyl groups is 1. The molecule has 0 radical (unpaired) electrons. The van der Waals surface area contributed by atoms with Crippen molar-refractivity contribution in [3.05, 3.63) is 107 Å². The lowest BCUT2D eigenvalue weighted by molar-refractivity contribution is -0.117. The first kappa shape index (κ1) is 28.8. The molecule has 3 aromatic rings. The average molecular weight is 542 g/mol. The summed E-state index contributed by atoms with van der Waals surface area (Å²) < 4.78 is 16.2. The molecule has 1 aliphatic rings. The topological polar surface area (TPSA) is 85.3 Å². The smallest absolute Gasteiger partial charge is 0.338 e. The van der Waals surface area contributed by atoms with E-state index in [9.17, 15) is 9.59 Å². The third-order valence-electron chi connectivity index (χ3n) is 6.89. The minimum atomic E-state index is -0.499. The molecule has 3 aromatic carbocycles. The van der Waals surface area contributed by atoms with E-state index in [0.29, 0.717) is 30.2 Å². The molecule has 0 saturated heterocycles. The maximum absolute atomic E-state index is 12.7. The highest BCUT2D eigenvalue weighted by atomic mass is 16.5. The number of hydrogen-bond acceptors (Lipinski definition) is 7. The molecule has 1 N–H and O–H groups in total. The van der Waals surface area contributed by atoms with Crippen molar-refractivity contribution in [1.82, 2.24) is 4.90 Å². The van der Waals surface area contributed by atoms with Crippen LogP contribution in [0.3, 0.4) is 0 Å². The predicted molar refractivity (Wildman–Crippen MR) is 155 cm³/mol. The van der Waals surface area contributed by atoms with Crippen molar-refractivity contribution in [3.63, 3.8) is 0 Å². The summed E-state index contributed by atoms with van der Waals surface area (Å²) in [7, 11) is 3.08. The fourth-order valence-corrected chi connectivity index (χ4v) is 4.69. The first-order valence-corrected chi connectivity index (χ1v) is 13.3. The van der Waals surface area contributed by atoms with Crippen LogP contribution in [0.1, 0.15) is 39.0 Å². The summed E-state index contributed by atoms with van der Waals surface area (Å²) in [5.41, 5.74) is 6.41. The zero-order valence-corrected chi connectivity index (χ0v) is 23.0. The minimum Gasteiger partial charge on any atom is -0.493 e. The average Bonchev–Trinajstić information content (AvgIpc) is 3.41. The van der Waals surface area contributed by atoms with E-state index in [4.69, 9.17) is 19.3 Å². The molecule has 0 bridgehead atoms. The monoisotopic (exact) mass is 541 g/mol. The van der Waals surface area contributed by atoms with Crippen LogP contribution in [0, 0.1) is 0 Å². The number of carbonyl (C=O) groups excluding carboxylic acids is 2. The van der Waals surface area contributed by atoms with Gasteiger partial charge in [-0.25, -0.2) is 4.79 Å². The van der Waals surface area contributed by atoms with Crippen molar-refractivity contribution >= 4 is 23.4 Å². The molecule has 0 aromatic heterocycles. The van der Waals surface area contributed by atoms with Crippen LogP contribution in [0.4, 0.5) is 0 Å². The van der Waals surface area contributed by atoms with Gasteiger partial charge in [0.15, 0.2) is 17.3 Å². The van der Waals surface area contributed by atoms with Crippen LogP contribution in [0.25, 0.3) is 11.6 Å². The molecular formula is C33H35NO6. The van der Waals surface area contributed by atoms with Gasteiger partial charge >= 0.3 is 5.97 Å². The van der Waals surface area contributed by atoms with Gasteiger partial charge in [-0.3, -0.25) is 9.69 Å². The Morgan fingerprint density at radius 2 is 1.73 bits per heavy atom. The van der Waals surface area contributed by atoms with Crippen LogP contribution in [0.2, 0.25) is 0 Å². The van der Waals surface area contributed by atoms with Crippen LogP contribution in [0.5, 0.6) is 11.5 Å². The number of fused-ring (bicyclic) bond motifs is 1. The maximum atomic E-state index is 12.7. The van der Waals surface area contributed by atoms with E-state index in [1.165, 1.54) is 29.9 Å². The number of nitrogens with zero attached hydrogens (tertiary/aromatic N) is 1. The second-order valence-corrected chi connectivity index (χ2v) is 9.52. The summed E-state index contributed by atoms with van der Waals surface area (Å²) in [6, 6.07) is 21.4. The number of esters is 1. The van der Waals surface area contributed by atoms with E-state index in [1.807, 2.05) is 24.3 Å². The zero-order chi connectivity index (χ0) is 28.3. The van der Waals surface area contributed by atoms with Crippen molar-refractivity contribution in [2.75, 3.05) is 40.5 Å². The second-order valence-electron chi connectivity index (χ2n) is 9.52. The number of benzene rings is 3. The second kappa shape index (κ2) is 14.3. The number of aliphatic hydroxyl groups excluding tert-OH is 1. The van der Waals surface area contributed by atoms with Crippen molar-refractivity contribution in [1.29, 1.82) is 0 Å². The van der Waals surface area contributed by atoms with Crippen molar-refractivity contribution in [3.8, 4) is 11.5 Å². The van der Waals surface area contributed by atoms with Crippen molar-refractivity contribution in [2.24, 2.45) is 0 Å². The van der Waals surface area contributed by atoms with Gasteiger partial charge in [0, 0.05) is 19.6 Å². The third-order valence-corrected chi connectivity index (χ3v) is 6.89. The molecule has 1 aliphatic carbocycles. The van der Waals surface area contributed by atoms with Crippen LogP contribution >= 0.6 is 0 Å². The van der Waals surface area contributed by atoms with Crippen molar-refractivity contribution < 1.29 is 28.9 Å². The number of rotatable bonds is 14. The predicted octanol–water partition coefficient (Wildman–Crippen LogP) is 4.97. The summed E-state index contributed by atoms with van der Waals surface area (Å²) in [6.07, 6.45) is 7.22. The van der Waals surface area contributed by atoms with Gasteiger partial charge in [0.25, 0.3) is 0 Å². The van der Waals surface area contributed by atoms with Gasteiger partial charge in [0.2, 0.25) is 0 Å². The van der Waals surface area contributed by atoms with Gasteiger partial charge in [-0.05, 0) is 64.9 Å². The maximum Gasteiger partial charge on any atom is 0.338 e. The Balaban J connectivity index is 1.40. The standard InChI is InChI=1S/C33H35NO6/c1-38-31-16-14-28(21-32(31)39-2)33(37)40-20-19-34(18-17-27-13-12-26-5-3-4-6-30(26)27)22-25-9-7-24(8-10-25)11-15-29(36)23-35/h3-11,13-16,21,35H,12,17-20,22-23H2,1-2H3/b15-11+. The van der Waals surface area contributed by atoms with Gasteiger partial charge in [-0.15, -0.1) is 0 Å². The molecule has 0 saturated carbocycles. The van der Waals surface area contributed by atoms with Crippen LogP contribution < -0.4 is 9.47 Å². The lowest BCUT2D eigenvalue weighted by Crippen LogP contribution is -2.29. The third kappa shape index (κ3) is 7.68. The van der Waals surface area contributed by atoms with E-state index < -0.39 is 12.6 Å². The van der Waals surface area contributed by atoms with E-state index in [2.05, 4.69) is 35.2 Å². The summed E-state index contributed by atoms with van der Waals surface area (Å²) in [4.78, 5) is 26.4. The molecule has 0 spiro atoms. The van der Waals surface area contributed by atoms with E-state index >= 15 is 0 Å². The zero-order valence-electron chi connectivity index (χ0n) is 23.0. The largest absolute Gasteiger partial charge is 0.493 e. The van der Waals surface area contributed by atoms with E-state index in [-0.39, 0.29) is 12.4 Å². The molecule has 7 nitrogen and oxygen atoms in total. The summed E-state index contributed by atoms with van der Waals surface area (Å²) in [5, 5.41) is 8.90. The summed E-state index contributed by atoms with van der Waals surface area (Å²) in [5.74, 6) is 0.278. The highest BCUT2D eigenvalue weighted by Gasteiger charge is 2.16. The van der Waals surface area contributed by atoms with Crippen LogP contribution in [0.15, 0.2) is 78.9 Å². The molecule has 0 fully saturated rings. The van der Waals surface area contributed by atoms with E-state index in [0.717, 1.165) is 30.5 Å². The number of allylic oxidation sites excluding steroid dienone is 1. The lowest BCUT2D eigenvalue weighted by Gasteiger charge is -2.23. The van der Waals surface area contributed by atoms with Gasteiger partial charge in [-0.1, -0.05) is 60.7 Å². The molecule has 0 atom stereocenters. The Morgan fingerprint density at radius 1 is 0.950 bits per heavy atom. The SMILES string of the molecule is COc1ccc(C(=O)OCCN(CCC2=CCc3ccccc32)Cc2ccc(/C=C/C(=O)CO)cc2)cc1OC. The molecule has 0 unspecified atom stereocenters. The van der Waals surface area contributed by atoms with Crippen molar-refractivity contribution in [2.45, 2.75) is 19.4 Å². The quantitative estimate of drug-likeness (QED) is 0.228. The highest BCUT2D eigenvalue weighted by Crippen LogP contribution is 2.30. The molecule has 7 heteroatoms. The molecule has 208 valence electrons. The molecule has 4 rings (SSSR count). The Hall–Kier alpha value is -4.20. The summed E-state index contributed by atoms with van der Waals surface area (Å²) in [6.45, 7) is 1.80. The first-order valence-electron chi connectivity index (χ1n) is 13.3. The number of hydrogen-bond donors (Lipinski definition) is 1. The fourth-order valence-electron chi connectivity index (χ4n) is 4.69. The number of methoxy groups -OCH3 is 2. The highest BCUT2D eigenvalue weighted by molar-refractivity contribution is 5.94. The number of carbonyl (C=O) groups is 2. The Morgan fingerprint density at radius 3 is 2.48 bits per heavy atom. The first-order chi connectivity index (χ1) is 19.5. The fraction of sp³-hybridized carbons (Fsp3) is 0.273. The summed E-state index contributed by atoms with van der Waals surface area (Å²) >= 11 is 0. The normalized spacial score (nSPS) is 12.3. The Bertz CT molecular complexity index is 1380. The minimum absolute atomic E-state index is 0.243. The van der Waals surface area contributed by atoms with Gasteiger partial charge < -0.3 is 19.3 Å². The lowest BCUT2D eigenvalue weighted by atomic mass is 10.0. The van der Waals surface area contributed by atoms with Gasteiger partial charge in [0.05, 0.1) is 19.8 Å². The Kier molecular flexibility index (Phi) is 10.3. The van der Waals surface area contributed by atoms with E-state index in [1.54, 1.807) is 31.4 Å². The molecule has 0 aliphatic heterocycles. The molecule has 40 heavy (non-hydrogen) atoms. The van der Waals surface area contributed by atoms with Crippen LogP contribution in [-0.2, 0) is 22.5 Å². The Labute approximate surface area is 235 Å². The number of ether oxygens (including phenoxy) is 3. The number of ketones is 1.